The summed E-state index contributed by atoms with van der Waals surface area (Å²) in [4.78, 5) is 16.2. The number of hydrogen-bond acceptors (Lipinski definition) is 4. The zero-order chi connectivity index (χ0) is 15.1. The number of likely N-dealkylation sites (N-methyl/N-ethyl adjacent to an activating group) is 1. The highest BCUT2D eigenvalue weighted by atomic mass is 16.3. The average Bonchev–Trinajstić information content (AvgIpc) is 2.98. The Labute approximate surface area is 123 Å². The van der Waals surface area contributed by atoms with Gasteiger partial charge in [0.25, 0.3) is 5.91 Å². The number of furan rings is 1. The summed E-state index contributed by atoms with van der Waals surface area (Å²) >= 11 is 0. The third-order valence-corrected chi connectivity index (χ3v) is 4.10. The number of hydrogen-bond donors (Lipinski definition) is 1. The first-order valence-electron chi connectivity index (χ1n) is 7.09. The fraction of sp³-hybridized carbons (Fsp3) is 0.438. The molecular weight excluding hydrogens is 268 g/mol. The number of fused-ring (bicyclic) bond motifs is 1. The van der Waals surface area contributed by atoms with E-state index < -0.39 is 6.10 Å². The quantitative estimate of drug-likeness (QED) is 0.909. The molecule has 0 spiro atoms. The number of amides is 1. The van der Waals surface area contributed by atoms with Gasteiger partial charge in [0.05, 0.1) is 12.1 Å². The summed E-state index contributed by atoms with van der Waals surface area (Å²) in [5.41, 5.74) is 1.42. The molecule has 112 valence electrons. The van der Waals surface area contributed by atoms with E-state index in [9.17, 15) is 9.90 Å². The van der Waals surface area contributed by atoms with Crippen LogP contribution in [0.3, 0.4) is 0 Å². The molecule has 1 aliphatic rings. The highest BCUT2D eigenvalue weighted by Crippen LogP contribution is 2.23. The Morgan fingerprint density at radius 2 is 2.10 bits per heavy atom. The van der Waals surface area contributed by atoms with Gasteiger partial charge >= 0.3 is 0 Å². The Balaban J connectivity index is 1.84. The number of nitrogens with zero attached hydrogens (tertiary/aromatic N) is 2. The lowest BCUT2D eigenvalue weighted by Crippen LogP contribution is -2.38. The van der Waals surface area contributed by atoms with Crippen molar-refractivity contribution in [2.75, 3.05) is 27.2 Å². The normalized spacial score (nSPS) is 22.4. The molecule has 1 N–H and O–H groups in total. The summed E-state index contributed by atoms with van der Waals surface area (Å²) < 4.78 is 5.52. The number of benzene rings is 1. The van der Waals surface area contributed by atoms with Gasteiger partial charge in [-0.15, -0.1) is 0 Å². The largest absolute Gasteiger partial charge is 0.461 e. The zero-order valence-electron chi connectivity index (χ0n) is 12.5. The fourth-order valence-corrected chi connectivity index (χ4v) is 2.93. The maximum Gasteiger partial charge on any atom is 0.254 e. The van der Waals surface area contributed by atoms with Gasteiger partial charge in [0, 0.05) is 24.0 Å². The van der Waals surface area contributed by atoms with Gasteiger partial charge in [-0.1, -0.05) is 0 Å². The average molecular weight is 288 g/mol. The SMILES string of the molecule is Cc1cc2cc(C(=O)N3C[C@@H](O)[C@H](N(C)C)C3)ccc2o1. The fourth-order valence-electron chi connectivity index (χ4n) is 2.93. The Morgan fingerprint density at radius 1 is 1.33 bits per heavy atom. The van der Waals surface area contributed by atoms with Crippen LogP contribution in [-0.4, -0.2) is 60.1 Å². The van der Waals surface area contributed by atoms with Gasteiger partial charge in [-0.2, -0.15) is 0 Å². The first-order valence-corrected chi connectivity index (χ1v) is 7.09. The van der Waals surface area contributed by atoms with Gasteiger partial charge in [-0.25, -0.2) is 0 Å². The van der Waals surface area contributed by atoms with Crippen LogP contribution < -0.4 is 0 Å². The van der Waals surface area contributed by atoms with Crippen LogP contribution in [0, 0.1) is 6.92 Å². The van der Waals surface area contributed by atoms with Gasteiger partial charge in [-0.3, -0.25) is 4.79 Å². The predicted molar refractivity (Wildman–Crippen MR) is 80.3 cm³/mol. The Bertz CT molecular complexity index is 677. The Hall–Kier alpha value is -1.85. The van der Waals surface area contributed by atoms with Gasteiger partial charge < -0.3 is 19.3 Å². The van der Waals surface area contributed by atoms with Crippen LogP contribution in [0.25, 0.3) is 11.0 Å². The smallest absolute Gasteiger partial charge is 0.254 e. The second-order valence-corrected chi connectivity index (χ2v) is 5.92. The molecule has 0 unspecified atom stereocenters. The van der Waals surface area contributed by atoms with Gasteiger partial charge in [0.2, 0.25) is 0 Å². The summed E-state index contributed by atoms with van der Waals surface area (Å²) in [6, 6.07) is 7.37. The molecule has 5 heteroatoms. The van der Waals surface area contributed by atoms with E-state index in [1.165, 1.54) is 0 Å². The molecule has 0 bridgehead atoms. The number of carbonyl (C=O) groups is 1. The van der Waals surface area contributed by atoms with Crippen LogP contribution in [-0.2, 0) is 0 Å². The molecule has 3 rings (SSSR count). The molecule has 2 heterocycles. The predicted octanol–water partition coefficient (Wildman–Crippen LogP) is 1.49. The van der Waals surface area contributed by atoms with E-state index in [2.05, 4.69) is 0 Å². The Kier molecular flexibility index (Phi) is 3.47. The lowest BCUT2D eigenvalue weighted by molar-refractivity contribution is 0.0764. The molecule has 1 saturated heterocycles. The molecule has 5 nitrogen and oxygen atoms in total. The minimum Gasteiger partial charge on any atom is -0.461 e. The number of β-amino-alcohol motifs (C(OH)–C–C–N with tert-alkyl or cyclic N) is 1. The third kappa shape index (κ3) is 2.54. The molecule has 1 aromatic carbocycles. The van der Waals surface area contributed by atoms with E-state index in [0.717, 1.165) is 16.7 Å². The van der Waals surface area contributed by atoms with Gasteiger partial charge in [0.1, 0.15) is 11.3 Å². The molecule has 2 atom stereocenters. The molecule has 0 aliphatic carbocycles. The number of aliphatic hydroxyl groups excluding tert-OH is 1. The topological polar surface area (TPSA) is 56.9 Å². The number of carbonyl (C=O) groups excluding carboxylic acids is 1. The van der Waals surface area contributed by atoms with Crippen molar-refractivity contribution < 1.29 is 14.3 Å². The van der Waals surface area contributed by atoms with Crippen LogP contribution in [0.2, 0.25) is 0 Å². The van der Waals surface area contributed by atoms with E-state index in [-0.39, 0.29) is 11.9 Å². The molecule has 1 fully saturated rings. The summed E-state index contributed by atoms with van der Waals surface area (Å²) in [5.74, 6) is 0.790. The van der Waals surface area contributed by atoms with Crippen molar-refractivity contribution in [1.82, 2.24) is 9.80 Å². The number of aliphatic hydroxyl groups is 1. The Morgan fingerprint density at radius 3 is 2.76 bits per heavy atom. The molecule has 0 saturated carbocycles. The van der Waals surface area contributed by atoms with Crippen molar-refractivity contribution >= 4 is 16.9 Å². The van der Waals surface area contributed by atoms with Crippen molar-refractivity contribution in [3.8, 4) is 0 Å². The van der Waals surface area contributed by atoms with Crippen LogP contribution in [0.1, 0.15) is 16.1 Å². The van der Waals surface area contributed by atoms with Gasteiger partial charge in [-0.05, 0) is 45.3 Å². The van der Waals surface area contributed by atoms with E-state index in [1.807, 2.05) is 44.1 Å². The maximum absolute atomic E-state index is 12.6. The van der Waals surface area contributed by atoms with E-state index in [1.54, 1.807) is 11.0 Å². The second kappa shape index (κ2) is 5.16. The molecular formula is C16H20N2O3. The van der Waals surface area contributed by atoms with Crippen molar-refractivity contribution in [1.29, 1.82) is 0 Å². The molecule has 2 aromatic rings. The third-order valence-electron chi connectivity index (χ3n) is 4.10. The first kappa shape index (κ1) is 14.1. The van der Waals surface area contributed by atoms with Crippen LogP contribution >= 0.6 is 0 Å². The van der Waals surface area contributed by atoms with Crippen molar-refractivity contribution in [2.45, 2.75) is 19.1 Å². The molecule has 1 aromatic heterocycles. The lowest BCUT2D eigenvalue weighted by Gasteiger charge is -2.21. The summed E-state index contributed by atoms with van der Waals surface area (Å²) in [5, 5.41) is 11.0. The minimum atomic E-state index is -0.496. The lowest BCUT2D eigenvalue weighted by atomic mass is 10.1. The van der Waals surface area contributed by atoms with Crippen molar-refractivity contribution in [3.05, 3.63) is 35.6 Å². The number of rotatable bonds is 2. The highest BCUT2D eigenvalue weighted by Gasteiger charge is 2.35. The standard InChI is InChI=1S/C16H20N2O3/c1-10-6-12-7-11(4-5-15(12)21-10)16(20)18-8-13(17(2)3)14(19)9-18/h4-7,13-14,19H,8-9H2,1-3H3/t13-,14-/m1/s1. The molecule has 0 radical (unpaired) electrons. The summed E-state index contributed by atoms with van der Waals surface area (Å²) in [6.45, 7) is 2.82. The number of aryl methyl sites for hydroxylation is 1. The van der Waals surface area contributed by atoms with E-state index in [4.69, 9.17) is 4.42 Å². The van der Waals surface area contributed by atoms with Crippen LogP contribution in [0.15, 0.2) is 28.7 Å². The summed E-state index contributed by atoms with van der Waals surface area (Å²) in [6.07, 6.45) is -0.496. The van der Waals surface area contributed by atoms with Gasteiger partial charge in [0.15, 0.2) is 0 Å². The molecule has 1 amide bonds. The zero-order valence-corrected chi connectivity index (χ0v) is 12.5. The van der Waals surface area contributed by atoms with E-state index in [0.29, 0.717) is 18.7 Å². The van der Waals surface area contributed by atoms with Crippen molar-refractivity contribution in [2.24, 2.45) is 0 Å². The second-order valence-electron chi connectivity index (χ2n) is 5.92. The molecule has 21 heavy (non-hydrogen) atoms. The maximum atomic E-state index is 12.6. The number of likely N-dealkylation sites (tertiary alicyclic amines) is 1. The van der Waals surface area contributed by atoms with Crippen molar-refractivity contribution in [3.63, 3.8) is 0 Å². The first-order chi connectivity index (χ1) is 9.95. The monoisotopic (exact) mass is 288 g/mol. The van der Waals surface area contributed by atoms with Crippen LogP contribution in [0.5, 0.6) is 0 Å². The minimum absolute atomic E-state index is 0.00569. The van der Waals surface area contributed by atoms with Crippen LogP contribution in [0.4, 0.5) is 0 Å². The van der Waals surface area contributed by atoms with E-state index >= 15 is 0 Å². The highest BCUT2D eigenvalue weighted by molar-refractivity contribution is 5.98. The summed E-state index contributed by atoms with van der Waals surface area (Å²) in [7, 11) is 3.84. The molecule has 1 aliphatic heterocycles.